The Hall–Kier alpha value is -1.25. The van der Waals surface area contributed by atoms with Crippen LogP contribution in [0.15, 0.2) is 17.1 Å². The first-order valence-corrected chi connectivity index (χ1v) is 4.25. The van der Waals surface area contributed by atoms with E-state index in [0.29, 0.717) is 0 Å². The topological polar surface area (TPSA) is 79.8 Å². The highest BCUT2D eigenvalue weighted by molar-refractivity contribution is 14.1. The van der Waals surface area contributed by atoms with Gasteiger partial charge in [0.25, 0.3) is 0 Å². The normalized spacial score (nSPS) is 10.8. The van der Waals surface area contributed by atoms with E-state index in [-0.39, 0.29) is 22.8 Å². The molecule has 0 aliphatic rings. The van der Waals surface area contributed by atoms with Crippen LogP contribution in [0.2, 0.25) is 0 Å². The molecule has 0 unspecified atom stereocenters. The van der Waals surface area contributed by atoms with Crippen LogP contribution in [0.25, 0.3) is 5.65 Å². The first-order valence-electron chi connectivity index (χ1n) is 3.29. The number of hydrogen-bond donors (Lipinski definition) is 2. The van der Waals surface area contributed by atoms with Crippen LogP contribution in [0.5, 0.6) is 11.5 Å². The van der Waals surface area contributed by atoms with Gasteiger partial charge in [0.05, 0.1) is 29.1 Å². The van der Waals surface area contributed by atoms with Crippen molar-refractivity contribution in [2.24, 2.45) is 0 Å². The number of rotatable bonds is 0. The van der Waals surface area contributed by atoms with Crippen molar-refractivity contribution in [1.29, 1.82) is 0 Å². The maximum Gasteiger partial charge on any atom is 0.359 e. The van der Waals surface area contributed by atoms with Gasteiger partial charge in [0, 0.05) is 6.07 Å². The van der Waals surface area contributed by atoms with Gasteiger partial charge in [0.2, 0.25) is 0 Å². The monoisotopic (exact) mass is 293 g/mol. The third-order valence-corrected chi connectivity index (χ3v) is 2.21. The van der Waals surface area contributed by atoms with E-state index >= 15 is 0 Å². The van der Waals surface area contributed by atoms with Crippen LogP contribution in [0.1, 0.15) is 0 Å². The van der Waals surface area contributed by atoms with Crippen molar-refractivity contribution in [3.63, 3.8) is 0 Å². The van der Waals surface area contributed by atoms with Crippen molar-refractivity contribution in [2.75, 3.05) is 0 Å². The highest BCUT2D eigenvalue weighted by atomic mass is 127. The van der Waals surface area contributed by atoms with Gasteiger partial charge >= 0.3 is 5.69 Å². The molecule has 2 aromatic rings. The SMILES string of the molecule is O=c1n(I)nc2cc(O)c(O)cn12. The van der Waals surface area contributed by atoms with E-state index < -0.39 is 0 Å². The summed E-state index contributed by atoms with van der Waals surface area (Å²) in [6, 6.07) is 1.21. The minimum absolute atomic E-state index is 0.287. The molecule has 6 nitrogen and oxygen atoms in total. The standard InChI is InChI=1S/C6H4IN3O3/c7-10-6(13)9-2-4(12)3(11)1-5(9)8-10/h1-2,11-12H. The van der Waals surface area contributed by atoms with Crippen molar-refractivity contribution < 1.29 is 10.2 Å². The first-order chi connectivity index (χ1) is 6.09. The lowest BCUT2D eigenvalue weighted by Crippen LogP contribution is -2.13. The van der Waals surface area contributed by atoms with E-state index in [4.69, 9.17) is 10.2 Å². The molecule has 0 aliphatic heterocycles. The molecular formula is C6H4IN3O3. The smallest absolute Gasteiger partial charge is 0.359 e. The van der Waals surface area contributed by atoms with Crippen molar-refractivity contribution in [2.45, 2.75) is 0 Å². The van der Waals surface area contributed by atoms with Gasteiger partial charge in [-0.05, 0) is 0 Å². The summed E-state index contributed by atoms with van der Waals surface area (Å²) < 4.78 is 2.23. The Bertz CT molecular complexity index is 530. The molecule has 68 valence electrons. The molecule has 2 heterocycles. The fourth-order valence-electron chi connectivity index (χ4n) is 0.972. The Morgan fingerprint density at radius 3 is 2.77 bits per heavy atom. The van der Waals surface area contributed by atoms with Gasteiger partial charge in [-0.1, -0.05) is 0 Å². The molecule has 7 heteroatoms. The molecule has 0 spiro atoms. The molecule has 0 fully saturated rings. The summed E-state index contributed by atoms with van der Waals surface area (Å²) in [5, 5.41) is 22.0. The number of hydrogen-bond acceptors (Lipinski definition) is 4. The number of aromatic nitrogens is 3. The lowest BCUT2D eigenvalue weighted by Gasteiger charge is -1.95. The van der Waals surface area contributed by atoms with Gasteiger partial charge in [0.1, 0.15) is 0 Å². The van der Waals surface area contributed by atoms with Crippen molar-refractivity contribution in [3.05, 3.63) is 22.7 Å². The van der Waals surface area contributed by atoms with E-state index in [2.05, 4.69) is 5.10 Å². The van der Waals surface area contributed by atoms with Crippen molar-refractivity contribution >= 4 is 28.5 Å². The van der Waals surface area contributed by atoms with Gasteiger partial charge in [-0.2, -0.15) is 0 Å². The molecule has 2 N–H and O–H groups in total. The fourth-order valence-corrected chi connectivity index (χ4v) is 1.43. The van der Waals surface area contributed by atoms with Crippen molar-refractivity contribution in [3.8, 4) is 11.5 Å². The fraction of sp³-hybridized carbons (Fsp3) is 0. The number of fused-ring (bicyclic) bond motifs is 1. The average molecular weight is 293 g/mol. The van der Waals surface area contributed by atoms with Crippen molar-refractivity contribution in [1.82, 2.24) is 12.4 Å². The zero-order valence-electron chi connectivity index (χ0n) is 6.18. The van der Waals surface area contributed by atoms with Crippen LogP contribution in [-0.4, -0.2) is 22.6 Å². The molecule has 0 aliphatic carbocycles. The van der Waals surface area contributed by atoms with E-state index in [0.717, 1.165) is 13.5 Å². The molecule has 13 heavy (non-hydrogen) atoms. The second-order valence-electron chi connectivity index (χ2n) is 2.41. The number of aromatic hydroxyl groups is 2. The molecular weight excluding hydrogens is 289 g/mol. The van der Waals surface area contributed by atoms with Gasteiger partial charge in [0.15, 0.2) is 17.1 Å². The van der Waals surface area contributed by atoms with E-state index in [1.807, 2.05) is 0 Å². The highest BCUT2D eigenvalue weighted by Gasteiger charge is 2.08. The molecule has 0 saturated carbocycles. The largest absolute Gasteiger partial charge is 0.504 e. The maximum absolute atomic E-state index is 11.3. The van der Waals surface area contributed by atoms with E-state index in [1.165, 1.54) is 6.07 Å². The zero-order chi connectivity index (χ0) is 9.59. The van der Waals surface area contributed by atoms with E-state index in [9.17, 15) is 4.79 Å². The van der Waals surface area contributed by atoms with Crippen LogP contribution in [0.4, 0.5) is 0 Å². The van der Waals surface area contributed by atoms with Crippen LogP contribution in [-0.2, 0) is 0 Å². The quantitative estimate of drug-likeness (QED) is 0.675. The Labute approximate surface area is 85.5 Å². The number of pyridine rings is 1. The number of halogens is 1. The Morgan fingerprint density at radius 1 is 1.38 bits per heavy atom. The second-order valence-corrected chi connectivity index (χ2v) is 3.33. The van der Waals surface area contributed by atoms with Gasteiger partial charge in [-0.15, -0.1) is 7.99 Å². The Morgan fingerprint density at radius 2 is 2.08 bits per heavy atom. The third-order valence-electron chi connectivity index (χ3n) is 1.58. The highest BCUT2D eigenvalue weighted by Crippen LogP contribution is 2.23. The minimum Gasteiger partial charge on any atom is -0.504 e. The molecule has 0 atom stereocenters. The van der Waals surface area contributed by atoms with Gasteiger partial charge in [-0.25, -0.2) is 9.20 Å². The summed E-state index contributed by atoms with van der Waals surface area (Å²) >= 11 is 1.71. The molecule has 0 bridgehead atoms. The lowest BCUT2D eigenvalue weighted by molar-refractivity contribution is 0.401. The molecule has 0 amide bonds. The zero-order valence-corrected chi connectivity index (χ0v) is 8.33. The first kappa shape index (κ1) is 8.35. The molecule has 2 aromatic heterocycles. The summed E-state index contributed by atoms with van der Waals surface area (Å²) in [5.41, 5.74) is -0.0967. The second kappa shape index (κ2) is 2.62. The Kier molecular flexibility index (Phi) is 1.68. The molecule has 0 saturated heterocycles. The summed E-state index contributed by atoms with van der Waals surface area (Å²) in [4.78, 5) is 11.3. The van der Waals surface area contributed by atoms with Crippen LogP contribution >= 0.6 is 22.9 Å². The predicted octanol–water partition coefficient (Wildman–Crippen LogP) is 0.105. The van der Waals surface area contributed by atoms with Gasteiger partial charge < -0.3 is 10.2 Å². The Balaban J connectivity index is 2.97. The number of nitrogens with zero attached hydrogens (tertiary/aromatic N) is 3. The summed E-state index contributed by atoms with van der Waals surface area (Å²) in [6.45, 7) is 0. The molecule has 0 aromatic carbocycles. The molecule has 0 radical (unpaired) electrons. The maximum atomic E-state index is 11.3. The predicted molar refractivity (Wildman–Crippen MR) is 52.2 cm³/mol. The minimum atomic E-state index is -0.383. The summed E-state index contributed by atoms with van der Waals surface area (Å²) in [7, 11) is 0. The summed E-state index contributed by atoms with van der Waals surface area (Å²) in [6.07, 6.45) is 1.12. The van der Waals surface area contributed by atoms with Crippen LogP contribution in [0, 0.1) is 0 Å². The average Bonchev–Trinajstić information content (AvgIpc) is 2.32. The van der Waals surface area contributed by atoms with Crippen LogP contribution < -0.4 is 5.69 Å². The summed E-state index contributed by atoms with van der Waals surface area (Å²) in [5.74, 6) is -0.645. The molecule has 2 rings (SSSR count). The van der Waals surface area contributed by atoms with Crippen LogP contribution in [0.3, 0.4) is 0 Å². The van der Waals surface area contributed by atoms with Gasteiger partial charge in [-0.3, -0.25) is 0 Å². The third kappa shape index (κ3) is 1.15. The van der Waals surface area contributed by atoms with E-state index in [1.54, 1.807) is 22.9 Å². The lowest BCUT2D eigenvalue weighted by atomic mass is 10.4.